The van der Waals surface area contributed by atoms with E-state index in [4.69, 9.17) is 27.9 Å². The van der Waals surface area contributed by atoms with Crippen LogP contribution in [0, 0.1) is 19.8 Å². The summed E-state index contributed by atoms with van der Waals surface area (Å²) in [6.45, 7) is 3.16. The van der Waals surface area contributed by atoms with E-state index in [0.29, 0.717) is 10.7 Å². The molecule has 0 radical (unpaired) electrons. The molecule has 1 atom stereocenters. The number of hydrogen-bond donors (Lipinski definition) is 2. The maximum atomic E-state index is 12.4. The van der Waals surface area contributed by atoms with Crippen molar-refractivity contribution in [3.05, 3.63) is 61.5 Å². The van der Waals surface area contributed by atoms with E-state index in [1.807, 2.05) is 26.0 Å². The van der Waals surface area contributed by atoms with Gasteiger partial charge in [0.05, 0.1) is 23.0 Å². The lowest BCUT2D eigenvalue weighted by molar-refractivity contribution is -0.151. The Morgan fingerprint density at radius 3 is 2.58 bits per heavy atom. The minimum Gasteiger partial charge on any atom is -0.455 e. The van der Waals surface area contributed by atoms with Gasteiger partial charge in [-0.05, 0) is 55.3 Å². The number of carbonyl (C=O) groups is 4. The van der Waals surface area contributed by atoms with Gasteiger partial charge in [-0.3, -0.25) is 29.6 Å². The van der Waals surface area contributed by atoms with E-state index in [1.165, 1.54) is 18.2 Å². The molecule has 0 aromatic heterocycles. The minimum absolute atomic E-state index is 0.0821. The van der Waals surface area contributed by atoms with Gasteiger partial charge in [-0.15, -0.1) is 0 Å². The van der Waals surface area contributed by atoms with Crippen molar-refractivity contribution in [2.75, 3.05) is 18.5 Å². The summed E-state index contributed by atoms with van der Waals surface area (Å²) in [5.41, 5.74) is 4.97. The van der Waals surface area contributed by atoms with Crippen molar-refractivity contribution in [2.24, 2.45) is 5.92 Å². The van der Waals surface area contributed by atoms with E-state index in [1.54, 1.807) is 0 Å². The predicted octanol–water partition coefficient (Wildman–Crippen LogP) is 4.05. The lowest BCUT2D eigenvalue weighted by Gasteiger charge is -2.18. The smallest absolute Gasteiger partial charge is 0.311 e. The molecule has 3 amide bonds. The zero-order valence-corrected chi connectivity index (χ0v) is 20.8. The normalized spacial score (nSPS) is 15.4. The van der Waals surface area contributed by atoms with Crippen molar-refractivity contribution < 1.29 is 23.9 Å². The zero-order valence-electron chi connectivity index (χ0n) is 17.7. The molecule has 2 N–H and O–H groups in total. The maximum Gasteiger partial charge on any atom is 0.311 e. The van der Waals surface area contributed by atoms with Crippen LogP contribution in [0.15, 0.2) is 34.8 Å². The van der Waals surface area contributed by atoms with Crippen LogP contribution in [0.3, 0.4) is 0 Å². The summed E-state index contributed by atoms with van der Waals surface area (Å²) in [6.07, 6.45) is -0.153. The summed E-state index contributed by atoms with van der Waals surface area (Å²) in [4.78, 5) is 49.2. The van der Waals surface area contributed by atoms with Crippen LogP contribution in [0.5, 0.6) is 0 Å². The third kappa shape index (κ3) is 6.25. The molecule has 0 saturated carbocycles. The monoisotopic (exact) mass is 555 g/mol. The van der Waals surface area contributed by atoms with E-state index in [9.17, 15) is 19.2 Å². The van der Waals surface area contributed by atoms with Gasteiger partial charge in [-0.25, -0.2) is 0 Å². The van der Waals surface area contributed by atoms with E-state index in [2.05, 4.69) is 26.7 Å². The molecule has 0 spiro atoms. The van der Waals surface area contributed by atoms with Gasteiger partial charge in [0.15, 0.2) is 6.61 Å². The third-order valence-electron chi connectivity index (χ3n) is 5.00. The molecule has 0 aliphatic carbocycles. The maximum absolute atomic E-state index is 12.4. The highest BCUT2D eigenvalue weighted by molar-refractivity contribution is 9.10. The van der Waals surface area contributed by atoms with Crippen LogP contribution in [0.4, 0.5) is 5.69 Å². The average Bonchev–Trinajstić information content (AvgIpc) is 3.10. The summed E-state index contributed by atoms with van der Waals surface area (Å²) in [6, 6.07) is 8.02. The Morgan fingerprint density at radius 2 is 1.88 bits per heavy atom. The first-order valence-corrected chi connectivity index (χ1v) is 11.4. The first-order chi connectivity index (χ1) is 15.5. The molecule has 0 unspecified atom stereocenters. The summed E-state index contributed by atoms with van der Waals surface area (Å²) in [5, 5.41) is 4.23. The third-order valence-corrected chi connectivity index (χ3v) is 6.40. The van der Waals surface area contributed by atoms with Gasteiger partial charge in [-0.1, -0.05) is 39.1 Å². The van der Waals surface area contributed by atoms with Crippen LogP contribution in [-0.4, -0.2) is 41.9 Å². The van der Waals surface area contributed by atoms with Crippen molar-refractivity contribution in [1.29, 1.82) is 0 Å². The number of rotatable bonds is 6. The number of nitrogens with one attached hydrogen (secondary N) is 2. The molecule has 1 aliphatic heterocycles. The number of benzene rings is 2. The lowest BCUT2D eigenvalue weighted by atomic mass is 10.1. The van der Waals surface area contributed by atoms with E-state index >= 15 is 0 Å². The van der Waals surface area contributed by atoms with E-state index < -0.39 is 36.2 Å². The Labute approximate surface area is 208 Å². The van der Waals surface area contributed by atoms with Gasteiger partial charge in [-0.2, -0.15) is 0 Å². The molecule has 8 nitrogen and oxygen atoms in total. The number of aryl methyl sites for hydroxylation is 2. The molecule has 2 aromatic rings. The van der Waals surface area contributed by atoms with Gasteiger partial charge in [0.2, 0.25) is 5.91 Å². The number of hydrazine groups is 1. The molecule has 1 fully saturated rings. The zero-order chi connectivity index (χ0) is 24.3. The molecular formula is C22H20BrCl2N3O5. The molecule has 1 heterocycles. The Hall–Kier alpha value is -2.62. The summed E-state index contributed by atoms with van der Waals surface area (Å²) in [5.74, 6) is -3.09. The van der Waals surface area contributed by atoms with Gasteiger partial charge in [0.25, 0.3) is 11.8 Å². The van der Waals surface area contributed by atoms with Crippen LogP contribution in [-0.2, 0) is 19.1 Å². The first-order valence-electron chi connectivity index (χ1n) is 9.84. The molecule has 3 rings (SSSR count). The number of nitrogens with zero attached hydrogens (tertiary/aromatic N) is 1. The molecule has 174 valence electrons. The summed E-state index contributed by atoms with van der Waals surface area (Å²) >= 11 is 15.3. The van der Waals surface area contributed by atoms with Crippen molar-refractivity contribution in [3.63, 3.8) is 0 Å². The largest absolute Gasteiger partial charge is 0.455 e. The number of esters is 1. The number of halogens is 3. The highest BCUT2D eigenvalue weighted by Gasteiger charge is 2.37. The number of ether oxygens (including phenoxy) is 1. The molecule has 33 heavy (non-hydrogen) atoms. The fourth-order valence-electron chi connectivity index (χ4n) is 3.19. The second-order valence-electron chi connectivity index (χ2n) is 7.54. The molecular weight excluding hydrogens is 537 g/mol. The molecule has 1 saturated heterocycles. The second kappa shape index (κ2) is 10.5. The number of carbonyl (C=O) groups excluding carboxylic acids is 4. The van der Waals surface area contributed by atoms with Crippen LogP contribution < -0.4 is 10.7 Å². The topological polar surface area (TPSA) is 105 Å². The molecule has 0 bridgehead atoms. The predicted molar refractivity (Wildman–Crippen MR) is 127 cm³/mol. The fraction of sp³-hybridized carbons (Fsp3) is 0.273. The van der Waals surface area contributed by atoms with Gasteiger partial charge >= 0.3 is 5.97 Å². The highest BCUT2D eigenvalue weighted by Crippen LogP contribution is 2.25. The van der Waals surface area contributed by atoms with Crippen LogP contribution in [0.2, 0.25) is 10.0 Å². The van der Waals surface area contributed by atoms with Gasteiger partial charge in [0.1, 0.15) is 0 Å². The van der Waals surface area contributed by atoms with E-state index in [-0.39, 0.29) is 23.6 Å². The standard InChI is InChI=1S/C22H20BrCl2N3O5/c1-11-6-18(12(2)5-16(11)23)26-19(29)10-33-22(32)13-7-20(30)28(9-13)27-21(31)15-4-3-14(24)8-17(15)25/h3-6,8,13H,7,9-10H2,1-2H3,(H,26,29)(H,27,31)/t13-/m1/s1. The second-order valence-corrected chi connectivity index (χ2v) is 9.24. The Bertz CT molecular complexity index is 1140. The fourth-order valence-corrected chi connectivity index (χ4v) is 4.14. The average molecular weight is 557 g/mol. The Kier molecular flexibility index (Phi) is 7.99. The van der Waals surface area contributed by atoms with Crippen LogP contribution in [0.1, 0.15) is 27.9 Å². The molecule has 11 heteroatoms. The summed E-state index contributed by atoms with van der Waals surface area (Å²) < 4.78 is 6.01. The lowest BCUT2D eigenvalue weighted by Crippen LogP contribution is -2.43. The number of hydrogen-bond acceptors (Lipinski definition) is 5. The van der Waals surface area contributed by atoms with E-state index in [0.717, 1.165) is 20.6 Å². The van der Waals surface area contributed by atoms with Crippen molar-refractivity contribution in [1.82, 2.24) is 10.4 Å². The first kappa shape index (κ1) is 25.0. The molecule has 1 aliphatic rings. The minimum atomic E-state index is -0.817. The van der Waals surface area contributed by atoms with Crippen molar-refractivity contribution in [3.8, 4) is 0 Å². The number of anilines is 1. The highest BCUT2D eigenvalue weighted by atomic mass is 79.9. The quantitative estimate of drug-likeness (QED) is 0.522. The van der Waals surface area contributed by atoms with Gasteiger partial charge in [0, 0.05) is 21.6 Å². The van der Waals surface area contributed by atoms with Crippen molar-refractivity contribution in [2.45, 2.75) is 20.3 Å². The van der Waals surface area contributed by atoms with Gasteiger partial charge < -0.3 is 10.1 Å². The Morgan fingerprint density at radius 1 is 1.15 bits per heavy atom. The van der Waals surface area contributed by atoms with Crippen LogP contribution in [0.25, 0.3) is 0 Å². The molecule has 2 aromatic carbocycles. The van der Waals surface area contributed by atoms with Crippen LogP contribution >= 0.6 is 39.1 Å². The van der Waals surface area contributed by atoms with Crippen molar-refractivity contribution >= 4 is 68.5 Å². The SMILES string of the molecule is Cc1cc(NC(=O)COC(=O)[C@@H]2CC(=O)N(NC(=O)c3ccc(Cl)cc3Cl)C2)c(C)cc1Br. The Balaban J connectivity index is 1.52. The number of amides is 3. The summed E-state index contributed by atoms with van der Waals surface area (Å²) in [7, 11) is 0.